The van der Waals surface area contributed by atoms with Gasteiger partial charge in [0.05, 0.1) is 32.0 Å². The van der Waals surface area contributed by atoms with E-state index in [2.05, 4.69) is 29.6 Å². The summed E-state index contributed by atoms with van der Waals surface area (Å²) in [6.45, 7) is 3.98. The number of aromatic carboxylic acids is 1. The Labute approximate surface area is 265 Å². The van der Waals surface area contributed by atoms with Gasteiger partial charge in [-0.25, -0.2) is 4.79 Å². The van der Waals surface area contributed by atoms with E-state index in [4.69, 9.17) is 60.9 Å². The van der Waals surface area contributed by atoms with Crippen LogP contribution in [0, 0.1) is 61.7 Å². The molecule has 0 aliphatic rings. The average molecular weight is 605 g/mol. The number of unbranched alkanes of at least 4 members (excludes halogenated alkanes) is 7. The second-order valence-corrected chi connectivity index (χ2v) is 9.58. The Morgan fingerprint density at radius 2 is 1.00 bits per heavy atom. The number of carbonyl (C=O) groups is 1. The molecule has 1 rings (SSSR count). The highest BCUT2D eigenvalue weighted by Crippen LogP contribution is 2.23. The maximum Gasteiger partial charge on any atom is 0.335 e. The minimum absolute atomic E-state index is 0.0481. The van der Waals surface area contributed by atoms with Crippen LogP contribution in [0.1, 0.15) is 87.4 Å². The number of carboxylic acids is 1. The lowest BCUT2D eigenvalue weighted by Crippen LogP contribution is -2.26. The van der Waals surface area contributed by atoms with E-state index in [0.717, 1.165) is 51.4 Å². The molecule has 0 aliphatic heterocycles. The van der Waals surface area contributed by atoms with Crippen LogP contribution >= 0.6 is 0 Å². The topological polar surface area (TPSA) is 83.5 Å². The van der Waals surface area contributed by atoms with Crippen molar-refractivity contribution in [3.63, 3.8) is 0 Å². The lowest BCUT2D eigenvalue weighted by Gasteiger charge is -2.18. The van der Waals surface area contributed by atoms with Crippen LogP contribution in [0.2, 0.25) is 0 Å². The van der Waals surface area contributed by atoms with Crippen LogP contribution in [-0.4, -0.2) is 63.4 Å². The molecule has 0 bridgehead atoms. The van der Waals surface area contributed by atoms with Gasteiger partial charge in [-0.2, -0.15) is 0 Å². The number of benzene rings is 1. The zero-order valence-electron chi connectivity index (χ0n) is 26.0. The second-order valence-electron chi connectivity index (χ2n) is 9.58. The Morgan fingerprint density at radius 1 is 0.591 bits per heavy atom. The SMILES string of the molecule is C#CCCCCOCC(COCCCCC#C)OCCCC#C.C#CCCCOc1cc(OCCCC#C)cc(C(=O)O)c1. The minimum Gasteiger partial charge on any atom is -0.493 e. The summed E-state index contributed by atoms with van der Waals surface area (Å²) < 4.78 is 28.1. The van der Waals surface area contributed by atoms with E-state index in [9.17, 15) is 4.79 Å². The maximum atomic E-state index is 11.1. The highest BCUT2D eigenvalue weighted by molar-refractivity contribution is 5.88. The molecular formula is C37H48O7. The van der Waals surface area contributed by atoms with E-state index < -0.39 is 5.97 Å². The summed E-state index contributed by atoms with van der Waals surface area (Å²) in [5.41, 5.74) is 0.122. The summed E-state index contributed by atoms with van der Waals surface area (Å²) in [5, 5.41) is 9.09. The van der Waals surface area contributed by atoms with E-state index in [-0.39, 0.29) is 11.7 Å². The van der Waals surface area contributed by atoms with Gasteiger partial charge in [0.1, 0.15) is 17.6 Å². The molecule has 0 heterocycles. The molecule has 44 heavy (non-hydrogen) atoms. The predicted octanol–water partition coefficient (Wildman–Crippen LogP) is 6.39. The van der Waals surface area contributed by atoms with Gasteiger partial charge in [0.2, 0.25) is 0 Å². The molecule has 0 saturated heterocycles. The highest BCUT2D eigenvalue weighted by Gasteiger charge is 2.10. The molecule has 1 aromatic carbocycles. The van der Waals surface area contributed by atoms with Crippen molar-refractivity contribution in [1.29, 1.82) is 0 Å². The van der Waals surface area contributed by atoms with Crippen LogP contribution in [0.4, 0.5) is 0 Å². The zero-order valence-corrected chi connectivity index (χ0v) is 26.0. The summed E-state index contributed by atoms with van der Waals surface area (Å²) in [4.78, 5) is 11.1. The highest BCUT2D eigenvalue weighted by atomic mass is 16.6. The number of carboxylic acid groups (broad SMARTS) is 1. The molecule has 7 heteroatoms. The summed E-state index contributed by atoms with van der Waals surface area (Å²) in [5.74, 6) is 12.8. The first-order valence-electron chi connectivity index (χ1n) is 15.1. The van der Waals surface area contributed by atoms with Crippen LogP contribution in [0.25, 0.3) is 0 Å². The minimum atomic E-state index is -1.03. The predicted molar refractivity (Wildman–Crippen MR) is 175 cm³/mol. The first-order chi connectivity index (χ1) is 21.5. The fourth-order valence-electron chi connectivity index (χ4n) is 3.45. The van der Waals surface area contributed by atoms with Crippen molar-refractivity contribution in [3.8, 4) is 73.2 Å². The Bertz CT molecular complexity index is 1030. The molecule has 1 aromatic rings. The number of terminal acetylenes is 5. The van der Waals surface area contributed by atoms with E-state index in [1.165, 1.54) is 12.1 Å². The summed E-state index contributed by atoms with van der Waals surface area (Å²) in [6.07, 6.45) is 35.7. The van der Waals surface area contributed by atoms with Gasteiger partial charge in [-0.15, -0.1) is 61.7 Å². The van der Waals surface area contributed by atoms with Crippen molar-refractivity contribution < 1.29 is 33.6 Å². The van der Waals surface area contributed by atoms with Gasteiger partial charge in [-0.3, -0.25) is 0 Å². The van der Waals surface area contributed by atoms with Gasteiger partial charge in [0.25, 0.3) is 0 Å². The number of hydrogen-bond donors (Lipinski definition) is 1. The third-order valence-electron chi connectivity index (χ3n) is 5.74. The third kappa shape index (κ3) is 24.6. The molecule has 238 valence electrons. The Balaban J connectivity index is 0.000000843. The molecule has 0 fully saturated rings. The van der Waals surface area contributed by atoms with Gasteiger partial charge < -0.3 is 28.8 Å². The fraction of sp³-hybridized carbons (Fsp3) is 0.541. The molecule has 0 saturated carbocycles. The number of ether oxygens (including phenoxy) is 5. The number of hydrogen-bond acceptors (Lipinski definition) is 6. The Hall–Kier alpha value is -4.03. The molecule has 0 aromatic heterocycles. The van der Waals surface area contributed by atoms with Crippen molar-refractivity contribution in [3.05, 3.63) is 23.8 Å². The molecule has 0 amide bonds. The van der Waals surface area contributed by atoms with E-state index in [0.29, 0.717) is 83.4 Å². The van der Waals surface area contributed by atoms with Crippen molar-refractivity contribution in [1.82, 2.24) is 0 Å². The van der Waals surface area contributed by atoms with Gasteiger partial charge in [-0.05, 0) is 57.1 Å². The van der Waals surface area contributed by atoms with Crippen LogP contribution in [0.15, 0.2) is 18.2 Å². The summed E-state index contributed by atoms with van der Waals surface area (Å²) in [7, 11) is 0. The first-order valence-corrected chi connectivity index (χ1v) is 15.1. The third-order valence-corrected chi connectivity index (χ3v) is 5.74. The molecule has 0 atom stereocenters. The van der Waals surface area contributed by atoms with Crippen molar-refractivity contribution in [2.75, 3.05) is 46.2 Å². The molecule has 0 aliphatic carbocycles. The summed E-state index contributed by atoms with van der Waals surface area (Å²) >= 11 is 0. The smallest absolute Gasteiger partial charge is 0.335 e. The lowest BCUT2D eigenvalue weighted by molar-refractivity contribution is -0.0609. The number of rotatable bonds is 25. The van der Waals surface area contributed by atoms with Crippen LogP contribution in [-0.2, 0) is 14.2 Å². The van der Waals surface area contributed by atoms with Crippen LogP contribution < -0.4 is 9.47 Å². The zero-order chi connectivity index (χ0) is 32.5. The molecule has 0 radical (unpaired) electrons. The van der Waals surface area contributed by atoms with Crippen molar-refractivity contribution in [2.45, 2.75) is 83.2 Å². The van der Waals surface area contributed by atoms with E-state index in [1.807, 2.05) is 0 Å². The quantitative estimate of drug-likeness (QED) is 0.102. The molecular weight excluding hydrogens is 556 g/mol. The van der Waals surface area contributed by atoms with Gasteiger partial charge in [0.15, 0.2) is 0 Å². The van der Waals surface area contributed by atoms with Crippen LogP contribution in [0.5, 0.6) is 11.5 Å². The van der Waals surface area contributed by atoms with E-state index >= 15 is 0 Å². The normalized spacial score (nSPS) is 9.82. The standard InChI is InChI=1S/C20H30O3.C17H18O4/c1-4-7-10-13-15-21-18-20(23-17-12-9-6-3)19-22-16-14-11-8-5-2;1-3-5-7-9-20-15-11-14(17(18)19)12-16(13-15)21-10-8-6-4-2/h1-3,20H,7-19H2;1-2,11-13H,5-10H2,(H,18,19). The monoisotopic (exact) mass is 604 g/mol. The maximum absolute atomic E-state index is 11.1. The van der Waals surface area contributed by atoms with Crippen molar-refractivity contribution in [2.24, 2.45) is 0 Å². The van der Waals surface area contributed by atoms with Gasteiger partial charge in [-0.1, -0.05) is 0 Å². The first kappa shape index (κ1) is 40.0. The lowest BCUT2D eigenvalue weighted by atomic mass is 10.2. The van der Waals surface area contributed by atoms with Crippen molar-refractivity contribution >= 4 is 5.97 Å². The average Bonchev–Trinajstić information content (AvgIpc) is 3.03. The Kier molecular flexibility index (Phi) is 27.6. The second kappa shape index (κ2) is 30.4. The van der Waals surface area contributed by atoms with Gasteiger partial charge in [0, 0.05) is 58.0 Å². The van der Waals surface area contributed by atoms with Crippen LogP contribution in [0.3, 0.4) is 0 Å². The Morgan fingerprint density at radius 3 is 1.41 bits per heavy atom. The van der Waals surface area contributed by atoms with Gasteiger partial charge >= 0.3 is 5.97 Å². The molecule has 0 spiro atoms. The molecule has 0 unspecified atom stereocenters. The molecule has 7 nitrogen and oxygen atoms in total. The largest absolute Gasteiger partial charge is 0.493 e. The van der Waals surface area contributed by atoms with E-state index in [1.54, 1.807) is 6.07 Å². The molecule has 1 N–H and O–H groups in total. The fourth-order valence-corrected chi connectivity index (χ4v) is 3.45. The summed E-state index contributed by atoms with van der Waals surface area (Å²) in [6, 6.07) is 4.59.